The van der Waals surface area contributed by atoms with Crippen LogP contribution < -0.4 is 10.6 Å². The van der Waals surface area contributed by atoms with Crippen LogP contribution in [0.15, 0.2) is 30.6 Å². The van der Waals surface area contributed by atoms with Crippen LogP contribution in [-0.2, 0) is 0 Å². The highest BCUT2D eigenvalue weighted by Gasteiger charge is 2.12. The molecule has 1 atom stereocenters. The number of hydrogen-bond acceptors (Lipinski definition) is 4. The van der Waals surface area contributed by atoms with E-state index >= 15 is 0 Å². The minimum absolute atomic E-state index is 0.123. The van der Waals surface area contributed by atoms with Gasteiger partial charge >= 0.3 is 0 Å². The molecule has 2 N–H and O–H groups in total. The quantitative estimate of drug-likeness (QED) is 0.835. The molecule has 0 spiro atoms. The van der Waals surface area contributed by atoms with Gasteiger partial charge in [-0.2, -0.15) is 0 Å². The molecule has 0 saturated carbocycles. The Morgan fingerprint density at radius 2 is 1.92 bits per heavy atom. The fourth-order valence-corrected chi connectivity index (χ4v) is 2.38. The van der Waals surface area contributed by atoms with Crippen molar-refractivity contribution in [1.29, 1.82) is 0 Å². The highest BCUT2D eigenvalue weighted by atomic mass is 16.1. The standard InChI is InChI=1S/C19H26N4O/c1-6-14(5)22-19(24)16-10-21-17(11-20-16)23-18-13(4)8-7-9-15(18)12(2)3/h7-12,14H,6H2,1-5H3,(H,21,23)(H,22,24). The molecule has 1 aromatic carbocycles. The zero-order valence-corrected chi connectivity index (χ0v) is 15.1. The molecule has 2 rings (SSSR count). The largest absolute Gasteiger partial charge is 0.348 e. The minimum Gasteiger partial charge on any atom is -0.348 e. The Morgan fingerprint density at radius 1 is 1.17 bits per heavy atom. The number of nitrogens with zero attached hydrogens (tertiary/aromatic N) is 2. The summed E-state index contributed by atoms with van der Waals surface area (Å²) in [7, 11) is 0. The van der Waals surface area contributed by atoms with E-state index in [1.165, 1.54) is 11.8 Å². The van der Waals surface area contributed by atoms with Gasteiger partial charge in [-0.3, -0.25) is 4.79 Å². The Hall–Kier alpha value is -2.43. The number of hydrogen-bond donors (Lipinski definition) is 2. The molecule has 1 unspecified atom stereocenters. The molecule has 0 fully saturated rings. The third-order valence-corrected chi connectivity index (χ3v) is 4.05. The molecule has 5 heteroatoms. The Bertz CT molecular complexity index is 695. The second kappa shape index (κ2) is 7.90. The number of carbonyl (C=O) groups is 1. The summed E-state index contributed by atoms with van der Waals surface area (Å²) in [4.78, 5) is 20.6. The smallest absolute Gasteiger partial charge is 0.271 e. The van der Waals surface area contributed by atoms with E-state index in [1.807, 2.05) is 13.8 Å². The molecule has 0 bridgehead atoms. The average Bonchev–Trinajstić information content (AvgIpc) is 2.56. The molecule has 1 amide bonds. The molecule has 1 heterocycles. The van der Waals surface area contributed by atoms with Crippen LogP contribution in [0.5, 0.6) is 0 Å². The molecule has 24 heavy (non-hydrogen) atoms. The molecule has 0 saturated heterocycles. The summed E-state index contributed by atoms with van der Waals surface area (Å²) in [5.41, 5.74) is 3.77. The lowest BCUT2D eigenvalue weighted by Crippen LogP contribution is -2.32. The van der Waals surface area contributed by atoms with Gasteiger partial charge in [0, 0.05) is 11.7 Å². The van der Waals surface area contributed by atoms with Crippen LogP contribution >= 0.6 is 0 Å². The van der Waals surface area contributed by atoms with Crippen molar-refractivity contribution < 1.29 is 4.79 Å². The third-order valence-electron chi connectivity index (χ3n) is 4.05. The summed E-state index contributed by atoms with van der Waals surface area (Å²) in [5.74, 6) is 0.842. The van der Waals surface area contributed by atoms with E-state index in [0.29, 0.717) is 17.4 Å². The van der Waals surface area contributed by atoms with Gasteiger partial charge in [0.25, 0.3) is 5.91 Å². The van der Waals surface area contributed by atoms with E-state index in [4.69, 9.17) is 0 Å². The number of benzene rings is 1. The SMILES string of the molecule is CCC(C)NC(=O)c1cnc(Nc2c(C)cccc2C(C)C)cn1. The van der Waals surface area contributed by atoms with Crippen molar-refractivity contribution in [3.05, 3.63) is 47.4 Å². The van der Waals surface area contributed by atoms with Crippen molar-refractivity contribution in [2.24, 2.45) is 0 Å². The lowest BCUT2D eigenvalue weighted by atomic mass is 9.98. The van der Waals surface area contributed by atoms with E-state index in [9.17, 15) is 4.79 Å². The van der Waals surface area contributed by atoms with Crippen LogP contribution in [0.2, 0.25) is 0 Å². The van der Waals surface area contributed by atoms with Gasteiger partial charge in [-0.05, 0) is 37.3 Å². The average molecular weight is 326 g/mol. The minimum atomic E-state index is -0.192. The number of aryl methyl sites for hydroxylation is 1. The number of amides is 1. The van der Waals surface area contributed by atoms with E-state index in [1.54, 1.807) is 6.20 Å². The molecule has 0 aliphatic heterocycles. The molecular weight excluding hydrogens is 300 g/mol. The topological polar surface area (TPSA) is 66.9 Å². The molecule has 1 aromatic heterocycles. The maximum absolute atomic E-state index is 12.0. The molecule has 0 radical (unpaired) electrons. The summed E-state index contributed by atoms with van der Waals surface area (Å²) >= 11 is 0. The summed E-state index contributed by atoms with van der Waals surface area (Å²) in [6.07, 6.45) is 3.99. The maximum Gasteiger partial charge on any atom is 0.271 e. The second-order valence-electron chi connectivity index (χ2n) is 6.39. The van der Waals surface area contributed by atoms with E-state index < -0.39 is 0 Å². The first-order valence-electron chi connectivity index (χ1n) is 8.41. The van der Waals surface area contributed by atoms with Crippen LogP contribution in [0.3, 0.4) is 0 Å². The van der Waals surface area contributed by atoms with Crippen molar-refractivity contribution in [2.45, 2.75) is 53.0 Å². The van der Waals surface area contributed by atoms with Crippen molar-refractivity contribution in [1.82, 2.24) is 15.3 Å². The highest BCUT2D eigenvalue weighted by Crippen LogP contribution is 2.29. The fraction of sp³-hybridized carbons (Fsp3) is 0.421. The Kier molecular flexibility index (Phi) is 5.90. The molecule has 128 valence electrons. The van der Waals surface area contributed by atoms with E-state index in [0.717, 1.165) is 17.7 Å². The monoisotopic (exact) mass is 326 g/mol. The van der Waals surface area contributed by atoms with Gasteiger partial charge in [-0.25, -0.2) is 9.97 Å². The van der Waals surface area contributed by atoms with E-state index in [2.05, 4.69) is 59.6 Å². The highest BCUT2D eigenvalue weighted by molar-refractivity contribution is 5.92. The maximum atomic E-state index is 12.0. The molecule has 5 nitrogen and oxygen atoms in total. The number of aromatic nitrogens is 2. The first kappa shape index (κ1) is 17.9. The van der Waals surface area contributed by atoms with Crippen molar-refractivity contribution in [3.8, 4) is 0 Å². The first-order valence-corrected chi connectivity index (χ1v) is 8.41. The third kappa shape index (κ3) is 4.31. The van der Waals surface area contributed by atoms with Gasteiger partial charge < -0.3 is 10.6 Å². The normalized spacial score (nSPS) is 12.1. The summed E-state index contributed by atoms with van der Waals surface area (Å²) in [6.45, 7) is 10.4. The van der Waals surface area contributed by atoms with Crippen LogP contribution in [-0.4, -0.2) is 21.9 Å². The number of rotatable bonds is 6. The molecule has 0 aliphatic rings. The fourth-order valence-electron chi connectivity index (χ4n) is 2.38. The van der Waals surface area contributed by atoms with Crippen LogP contribution in [0.4, 0.5) is 11.5 Å². The number of anilines is 2. The van der Waals surface area contributed by atoms with Gasteiger partial charge in [0.2, 0.25) is 0 Å². The zero-order valence-electron chi connectivity index (χ0n) is 15.1. The van der Waals surface area contributed by atoms with Crippen LogP contribution in [0, 0.1) is 6.92 Å². The number of para-hydroxylation sites is 1. The Labute approximate surface area is 143 Å². The molecule has 2 aromatic rings. The predicted molar refractivity (Wildman–Crippen MR) is 97.8 cm³/mol. The second-order valence-corrected chi connectivity index (χ2v) is 6.39. The lowest BCUT2D eigenvalue weighted by molar-refractivity contribution is 0.0934. The Balaban J connectivity index is 2.17. The van der Waals surface area contributed by atoms with E-state index in [-0.39, 0.29) is 11.9 Å². The summed E-state index contributed by atoms with van der Waals surface area (Å²) in [6, 6.07) is 6.36. The lowest BCUT2D eigenvalue weighted by Gasteiger charge is -2.17. The number of nitrogens with one attached hydrogen (secondary N) is 2. The Morgan fingerprint density at radius 3 is 2.50 bits per heavy atom. The molecular formula is C19H26N4O. The summed E-state index contributed by atoms with van der Waals surface area (Å²) in [5, 5.41) is 6.22. The van der Waals surface area contributed by atoms with Gasteiger partial charge in [-0.15, -0.1) is 0 Å². The van der Waals surface area contributed by atoms with Gasteiger partial charge in [0.05, 0.1) is 12.4 Å². The predicted octanol–water partition coefficient (Wildman–Crippen LogP) is 4.18. The van der Waals surface area contributed by atoms with Crippen molar-refractivity contribution in [3.63, 3.8) is 0 Å². The number of carbonyl (C=O) groups excluding carboxylic acids is 1. The first-order chi connectivity index (χ1) is 11.4. The van der Waals surface area contributed by atoms with Gasteiger partial charge in [0.15, 0.2) is 0 Å². The van der Waals surface area contributed by atoms with Gasteiger partial charge in [-0.1, -0.05) is 39.0 Å². The van der Waals surface area contributed by atoms with Crippen LogP contribution in [0.1, 0.15) is 61.6 Å². The van der Waals surface area contributed by atoms with Gasteiger partial charge in [0.1, 0.15) is 11.5 Å². The van der Waals surface area contributed by atoms with Crippen molar-refractivity contribution >= 4 is 17.4 Å². The zero-order chi connectivity index (χ0) is 17.7. The molecule has 0 aliphatic carbocycles. The summed E-state index contributed by atoms with van der Waals surface area (Å²) < 4.78 is 0. The van der Waals surface area contributed by atoms with Crippen LogP contribution in [0.25, 0.3) is 0 Å². The van der Waals surface area contributed by atoms with Crippen molar-refractivity contribution in [2.75, 3.05) is 5.32 Å².